The quantitative estimate of drug-likeness (QED) is 0.721. The lowest BCUT2D eigenvalue weighted by Gasteiger charge is -2.17. The van der Waals surface area contributed by atoms with Gasteiger partial charge in [0.05, 0.1) is 6.61 Å². The van der Waals surface area contributed by atoms with Crippen molar-refractivity contribution < 1.29 is 17.7 Å². The van der Waals surface area contributed by atoms with E-state index in [1.807, 2.05) is 0 Å². The molecule has 0 aliphatic rings. The first kappa shape index (κ1) is 13.1. The second kappa shape index (κ2) is 5.41. The van der Waals surface area contributed by atoms with Crippen LogP contribution in [0.15, 0.2) is 36.3 Å². The summed E-state index contributed by atoms with van der Waals surface area (Å²) in [5.41, 5.74) is -0.182. The predicted molar refractivity (Wildman–Crippen MR) is 59.3 cm³/mol. The number of halogens is 4. The molecule has 0 bridgehead atoms. The van der Waals surface area contributed by atoms with E-state index in [9.17, 15) is 12.9 Å². The molecule has 0 aromatic heterocycles. The average Bonchev–Trinajstić information content (AvgIpc) is 2.19. The molecule has 0 unspecified atom stereocenters. The maximum absolute atomic E-state index is 12.1. The molecule has 0 amide bonds. The SMILES string of the molecule is C=C(COCc1ccccc1Cl)[B-](F)(F)F. The van der Waals surface area contributed by atoms with Gasteiger partial charge >= 0.3 is 6.98 Å². The molecular formula is C10H10BClF3O-. The molecule has 0 heterocycles. The topological polar surface area (TPSA) is 9.23 Å². The van der Waals surface area contributed by atoms with Crippen molar-refractivity contribution in [2.75, 3.05) is 6.61 Å². The Labute approximate surface area is 96.9 Å². The summed E-state index contributed by atoms with van der Waals surface area (Å²) in [6.45, 7) is -2.56. The van der Waals surface area contributed by atoms with Crippen LogP contribution >= 0.6 is 11.6 Å². The van der Waals surface area contributed by atoms with Crippen molar-refractivity contribution in [1.29, 1.82) is 0 Å². The highest BCUT2D eigenvalue weighted by Crippen LogP contribution is 2.20. The van der Waals surface area contributed by atoms with Crippen LogP contribution in [0.4, 0.5) is 12.9 Å². The third-order valence-corrected chi connectivity index (χ3v) is 2.33. The minimum atomic E-state index is -5.02. The summed E-state index contributed by atoms with van der Waals surface area (Å²) >= 11 is 5.81. The van der Waals surface area contributed by atoms with Crippen LogP contribution in [0.25, 0.3) is 0 Å². The molecule has 0 fully saturated rings. The molecule has 0 aliphatic heterocycles. The molecule has 0 atom stereocenters. The van der Waals surface area contributed by atoms with E-state index in [0.717, 1.165) is 0 Å². The molecule has 1 aromatic rings. The van der Waals surface area contributed by atoms with Crippen molar-refractivity contribution >= 4 is 18.6 Å². The number of hydrogen-bond acceptors (Lipinski definition) is 1. The maximum atomic E-state index is 12.1. The molecule has 0 radical (unpaired) electrons. The normalized spacial score (nSPS) is 11.5. The summed E-state index contributed by atoms with van der Waals surface area (Å²) in [5.74, 6) is 0. The Morgan fingerprint density at radius 3 is 2.50 bits per heavy atom. The smallest absolute Gasteiger partial charge is 0.445 e. The van der Waals surface area contributed by atoms with E-state index in [1.165, 1.54) is 0 Å². The van der Waals surface area contributed by atoms with Crippen molar-refractivity contribution in [3.63, 3.8) is 0 Å². The maximum Gasteiger partial charge on any atom is 0.507 e. The van der Waals surface area contributed by atoms with Gasteiger partial charge in [-0.3, -0.25) is 0 Å². The van der Waals surface area contributed by atoms with Gasteiger partial charge in [0.15, 0.2) is 0 Å². The van der Waals surface area contributed by atoms with Gasteiger partial charge in [0.1, 0.15) is 0 Å². The molecule has 0 saturated heterocycles. The highest BCUT2D eigenvalue weighted by molar-refractivity contribution is 6.66. The number of rotatable bonds is 5. The van der Waals surface area contributed by atoms with Crippen LogP contribution in [0.1, 0.15) is 5.56 Å². The van der Waals surface area contributed by atoms with Crippen molar-refractivity contribution in [2.45, 2.75) is 6.61 Å². The Balaban J connectivity index is 2.43. The Morgan fingerprint density at radius 1 is 1.31 bits per heavy atom. The first-order valence-electron chi connectivity index (χ1n) is 4.60. The Morgan fingerprint density at radius 2 is 1.94 bits per heavy atom. The lowest BCUT2D eigenvalue weighted by Crippen LogP contribution is -2.22. The largest absolute Gasteiger partial charge is 0.507 e. The number of hydrogen-bond donors (Lipinski definition) is 0. The van der Waals surface area contributed by atoms with Gasteiger partial charge in [0, 0.05) is 11.6 Å². The fourth-order valence-electron chi connectivity index (χ4n) is 1.00. The van der Waals surface area contributed by atoms with E-state index in [-0.39, 0.29) is 6.61 Å². The lowest BCUT2D eigenvalue weighted by molar-refractivity contribution is 0.143. The van der Waals surface area contributed by atoms with Gasteiger partial charge in [-0.1, -0.05) is 29.8 Å². The molecule has 1 rings (SSSR count). The van der Waals surface area contributed by atoms with Crippen LogP contribution in [0, 0.1) is 0 Å². The molecule has 1 aromatic carbocycles. The molecule has 1 nitrogen and oxygen atoms in total. The zero-order valence-corrected chi connectivity index (χ0v) is 9.18. The summed E-state index contributed by atoms with van der Waals surface area (Å²) in [7, 11) is 0. The summed E-state index contributed by atoms with van der Waals surface area (Å²) in [6, 6.07) is 6.84. The zero-order valence-electron chi connectivity index (χ0n) is 8.43. The molecule has 0 N–H and O–H groups in total. The lowest BCUT2D eigenvalue weighted by atomic mass is 9.81. The highest BCUT2D eigenvalue weighted by Gasteiger charge is 2.26. The van der Waals surface area contributed by atoms with E-state index >= 15 is 0 Å². The number of benzene rings is 1. The van der Waals surface area contributed by atoms with E-state index in [0.29, 0.717) is 10.6 Å². The van der Waals surface area contributed by atoms with Gasteiger partial charge in [0.25, 0.3) is 0 Å². The third kappa shape index (κ3) is 3.91. The van der Waals surface area contributed by atoms with Gasteiger partial charge in [-0.2, -0.15) is 0 Å². The number of ether oxygens (including phenoxy) is 1. The molecule has 16 heavy (non-hydrogen) atoms. The van der Waals surface area contributed by atoms with Crippen molar-refractivity contribution in [2.24, 2.45) is 0 Å². The minimum absolute atomic E-state index is 0.0465. The molecule has 88 valence electrons. The summed E-state index contributed by atoms with van der Waals surface area (Å²) in [5, 5.41) is 0.477. The Hall–Kier alpha value is -0.935. The predicted octanol–water partition coefficient (Wildman–Crippen LogP) is 3.80. The van der Waals surface area contributed by atoms with Crippen LogP contribution in [-0.2, 0) is 11.3 Å². The second-order valence-corrected chi connectivity index (χ2v) is 3.72. The minimum Gasteiger partial charge on any atom is -0.445 e. The fraction of sp³-hybridized carbons (Fsp3) is 0.200. The third-order valence-electron chi connectivity index (χ3n) is 1.97. The van der Waals surface area contributed by atoms with Crippen LogP contribution in [0.3, 0.4) is 0 Å². The van der Waals surface area contributed by atoms with E-state index in [4.69, 9.17) is 16.3 Å². The zero-order chi connectivity index (χ0) is 12.2. The van der Waals surface area contributed by atoms with E-state index in [1.54, 1.807) is 24.3 Å². The molecule has 6 heteroatoms. The molecule has 0 spiro atoms. The molecular weight excluding hydrogens is 239 g/mol. The van der Waals surface area contributed by atoms with Gasteiger partial charge in [-0.05, 0) is 11.6 Å². The van der Waals surface area contributed by atoms with Gasteiger partial charge in [0.2, 0.25) is 0 Å². The standard InChI is InChI=1S/C10H10BClF3O/c1-8(11(13,14)15)6-16-7-9-4-2-3-5-10(9)12/h2-5H,1,6-7H2/q-1. The average molecular weight is 249 g/mol. The van der Waals surface area contributed by atoms with Crippen molar-refractivity contribution in [3.05, 3.63) is 46.9 Å². The van der Waals surface area contributed by atoms with Gasteiger partial charge in [-0.25, -0.2) is 0 Å². The van der Waals surface area contributed by atoms with Crippen LogP contribution in [0.5, 0.6) is 0 Å². The van der Waals surface area contributed by atoms with E-state index < -0.39 is 19.1 Å². The summed E-state index contributed by atoms with van der Waals surface area (Å²) < 4.78 is 41.2. The highest BCUT2D eigenvalue weighted by atomic mass is 35.5. The first-order valence-corrected chi connectivity index (χ1v) is 4.98. The molecule has 0 saturated carbocycles. The monoisotopic (exact) mass is 249 g/mol. The van der Waals surface area contributed by atoms with E-state index in [2.05, 4.69) is 6.58 Å². The van der Waals surface area contributed by atoms with Crippen LogP contribution in [-0.4, -0.2) is 13.6 Å². The van der Waals surface area contributed by atoms with Crippen LogP contribution in [0.2, 0.25) is 5.02 Å². The van der Waals surface area contributed by atoms with Crippen molar-refractivity contribution in [3.8, 4) is 0 Å². The van der Waals surface area contributed by atoms with Crippen molar-refractivity contribution in [1.82, 2.24) is 0 Å². The Bertz CT molecular complexity index is 379. The van der Waals surface area contributed by atoms with Crippen LogP contribution < -0.4 is 0 Å². The van der Waals surface area contributed by atoms with Gasteiger partial charge < -0.3 is 17.7 Å². The van der Waals surface area contributed by atoms with Gasteiger partial charge in [-0.15, -0.1) is 12.1 Å². The second-order valence-electron chi connectivity index (χ2n) is 3.32. The first-order chi connectivity index (χ1) is 7.41. The fourth-order valence-corrected chi connectivity index (χ4v) is 1.19. The Kier molecular flexibility index (Phi) is 4.44. The summed E-state index contributed by atoms with van der Waals surface area (Å²) in [4.78, 5) is 0. The summed E-state index contributed by atoms with van der Waals surface area (Å²) in [6.07, 6.45) is 0. The molecule has 0 aliphatic carbocycles.